The Kier molecular flexibility index (Phi) is 58.0. The molecule has 0 saturated heterocycles. The molecule has 0 amide bonds. The van der Waals surface area contributed by atoms with Gasteiger partial charge in [-0.15, -0.1) is 0 Å². The summed E-state index contributed by atoms with van der Waals surface area (Å²) < 4.78 is 16.8. The molecule has 0 rings (SSSR count). The van der Waals surface area contributed by atoms with E-state index in [1.807, 2.05) is 0 Å². The molecule has 0 aliphatic rings. The van der Waals surface area contributed by atoms with E-state index in [2.05, 4.69) is 167 Å². The third kappa shape index (κ3) is 60.0. The fourth-order valence-electron chi connectivity index (χ4n) is 7.87. The van der Waals surface area contributed by atoms with Crippen LogP contribution in [0.2, 0.25) is 0 Å². The van der Waals surface area contributed by atoms with E-state index in [-0.39, 0.29) is 37.5 Å². The molecule has 0 aliphatic carbocycles. The second-order valence-corrected chi connectivity index (χ2v) is 19.5. The summed E-state index contributed by atoms with van der Waals surface area (Å²) in [5.74, 6) is -0.980. The van der Waals surface area contributed by atoms with Crippen LogP contribution in [0.3, 0.4) is 0 Å². The van der Waals surface area contributed by atoms with Gasteiger partial charge in [0, 0.05) is 19.3 Å². The maximum Gasteiger partial charge on any atom is 0.306 e. The predicted octanol–water partition coefficient (Wildman–Crippen LogP) is 20.8. The first kappa shape index (κ1) is 70.3. The first-order valence-corrected chi connectivity index (χ1v) is 30.3. The van der Waals surface area contributed by atoms with E-state index in [4.69, 9.17) is 14.2 Å². The van der Waals surface area contributed by atoms with Crippen LogP contribution in [-0.4, -0.2) is 37.2 Å². The van der Waals surface area contributed by atoms with Gasteiger partial charge < -0.3 is 14.2 Å². The zero-order chi connectivity index (χ0) is 54.3. The molecule has 0 spiro atoms. The molecule has 0 radical (unpaired) electrons. The van der Waals surface area contributed by atoms with Gasteiger partial charge in [0.05, 0.1) is 0 Å². The number of allylic oxidation sites excluding steroid dienone is 24. The molecule has 0 bridgehead atoms. The molecule has 6 heteroatoms. The molecule has 75 heavy (non-hydrogen) atoms. The molecule has 6 nitrogen and oxygen atoms in total. The van der Waals surface area contributed by atoms with Gasteiger partial charge in [0.25, 0.3) is 0 Å². The van der Waals surface area contributed by atoms with E-state index in [1.54, 1.807) is 0 Å². The van der Waals surface area contributed by atoms with Crippen molar-refractivity contribution in [3.05, 3.63) is 146 Å². The first-order chi connectivity index (χ1) is 37.0. The lowest BCUT2D eigenvalue weighted by molar-refractivity contribution is -0.167. The Balaban J connectivity index is 4.43. The number of esters is 3. The molecule has 0 fully saturated rings. The molecule has 422 valence electrons. The van der Waals surface area contributed by atoms with Crippen LogP contribution in [0.4, 0.5) is 0 Å². The van der Waals surface area contributed by atoms with Crippen molar-refractivity contribution in [3.63, 3.8) is 0 Å². The standard InChI is InChI=1S/C69H110O6/c1-4-7-10-13-16-19-22-24-26-28-29-30-31-32-33-34-35-36-37-38-39-41-42-44-47-50-53-56-59-62-68(71)74-65-66(64-73-67(70)61-58-55-52-49-46-21-18-15-12-9-6-3)75-69(72)63-60-57-54-51-48-45-43-40-27-25-23-20-17-14-11-8-5-2/h7-8,10-11,16-17,19-20,24-27,29-30,32-33,35-36,38-39,42,44,50,53,66H,4-6,9,12-15,18,21-23,28,31,34,37,40-41,43,45-49,51-52,54-65H2,1-3H3/b10-7-,11-8-,19-16-,20-17-,26-24-,27-25-,30-29-,33-32-,36-35-,39-38-,44-42-,53-50-. The maximum atomic E-state index is 12.9. The molecule has 0 aromatic rings. The molecule has 1 unspecified atom stereocenters. The predicted molar refractivity (Wildman–Crippen MR) is 325 cm³/mol. The van der Waals surface area contributed by atoms with E-state index >= 15 is 0 Å². The van der Waals surface area contributed by atoms with Gasteiger partial charge in [-0.05, 0) is 116 Å². The average Bonchev–Trinajstić information content (AvgIpc) is 3.41. The van der Waals surface area contributed by atoms with E-state index in [1.165, 1.54) is 77.0 Å². The molecular formula is C69H110O6. The fraction of sp³-hybridized carbons (Fsp3) is 0.609. The molecule has 0 N–H and O–H groups in total. The van der Waals surface area contributed by atoms with Crippen molar-refractivity contribution in [1.29, 1.82) is 0 Å². The summed E-state index contributed by atoms with van der Waals surface area (Å²) in [6, 6.07) is 0. The highest BCUT2D eigenvalue weighted by Crippen LogP contribution is 2.14. The summed E-state index contributed by atoms with van der Waals surface area (Å²) in [4.78, 5) is 38.1. The highest BCUT2D eigenvalue weighted by Gasteiger charge is 2.19. The number of hydrogen-bond donors (Lipinski definition) is 0. The molecule has 0 aliphatic heterocycles. The average molecular weight is 1040 g/mol. The minimum atomic E-state index is -0.811. The molecular weight excluding hydrogens is 925 g/mol. The zero-order valence-corrected chi connectivity index (χ0v) is 48.3. The Hall–Kier alpha value is -4.71. The van der Waals surface area contributed by atoms with Gasteiger partial charge in [-0.25, -0.2) is 0 Å². The molecule has 0 aromatic heterocycles. The van der Waals surface area contributed by atoms with E-state index < -0.39 is 6.10 Å². The smallest absolute Gasteiger partial charge is 0.306 e. The third-order valence-corrected chi connectivity index (χ3v) is 12.3. The second kappa shape index (κ2) is 61.8. The second-order valence-electron chi connectivity index (χ2n) is 19.5. The molecule has 1 atom stereocenters. The first-order valence-electron chi connectivity index (χ1n) is 30.3. The minimum Gasteiger partial charge on any atom is -0.462 e. The van der Waals surface area contributed by atoms with Gasteiger partial charge in [0.1, 0.15) is 13.2 Å². The van der Waals surface area contributed by atoms with Crippen LogP contribution in [0.15, 0.2) is 146 Å². The summed E-state index contributed by atoms with van der Waals surface area (Å²) in [6.45, 7) is 6.35. The van der Waals surface area contributed by atoms with Crippen LogP contribution in [0.1, 0.15) is 252 Å². The van der Waals surface area contributed by atoms with Gasteiger partial charge >= 0.3 is 17.9 Å². The van der Waals surface area contributed by atoms with Crippen LogP contribution >= 0.6 is 0 Å². The van der Waals surface area contributed by atoms with E-state index in [0.29, 0.717) is 19.3 Å². The number of hydrogen-bond acceptors (Lipinski definition) is 6. The van der Waals surface area contributed by atoms with Crippen LogP contribution in [-0.2, 0) is 28.6 Å². The van der Waals surface area contributed by atoms with Gasteiger partial charge in [-0.3, -0.25) is 14.4 Å². The van der Waals surface area contributed by atoms with Crippen molar-refractivity contribution in [3.8, 4) is 0 Å². The summed E-state index contributed by atoms with van der Waals surface area (Å²) in [5.41, 5.74) is 0. The summed E-state index contributed by atoms with van der Waals surface area (Å²) >= 11 is 0. The minimum absolute atomic E-state index is 0.103. The Morgan fingerprint density at radius 1 is 0.280 bits per heavy atom. The Labute approximate surface area is 461 Å². The normalized spacial score (nSPS) is 13.2. The lowest BCUT2D eigenvalue weighted by Gasteiger charge is -2.18. The quantitative estimate of drug-likeness (QED) is 0.0261. The fourth-order valence-corrected chi connectivity index (χ4v) is 7.87. The lowest BCUT2D eigenvalue weighted by atomic mass is 10.1. The maximum absolute atomic E-state index is 12.9. The Bertz CT molecular complexity index is 1660. The van der Waals surface area contributed by atoms with E-state index in [9.17, 15) is 14.4 Å². The van der Waals surface area contributed by atoms with Crippen molar-refractivity contribution in [2.75, 3.05) is 13.2 Å². The van der Waals surface area contributed by atoms with Crippen molar-refractivity contribution in [1.82, 2.24) is 0 Å². The zero-order valence-electron chi connectivity index (χ0n) is 48.3. The highest BCUT2D eigenvalue weighted by molar-refractivity contribution is 5.71. The molecule has 0 heterocycles. The van der Waals surface area contributed by atoms with Crippen LogP contribution in [0.5, 0.6) is 0 Å². The van der Waals surface area contributed by atoms with Crippen molar-refractivity contribution >= 4 is 17.9 Å². The topological polar surface area (TPSA) is 78.9 Å². The number of rotatable bonds is 53. The number of carbonyl (C=O) groups excluding carboxylic acids is 3. The Morgan fingerprint density at radius 2 is 0.533 bits per heavy atom. The van der Waals surface area contributed by atoms with Crippen molar-refractivity contribution in [2.45, 2.75) is 258 Å². The van der Waals surface area contributed by atoms with Gasteiger partial charge in [0.15, 0.2) is 6.10 Å². The van der Waals surface area contributed by atoms with Gasteiger partial charge in [-0.2, -0.15) is 0 Å². The van der Waals surface area contributed by atoms with Crippen molar-refractivity contribution < 1.29 is 28.6 Å². The molecule has 0 aromatic carbocycles. The third-order valence-electron chi connectivity index (χ3n) is 12.3. The van der Waals surface area contributed by atoms with Crippen molar-refractivity contribution in [2.24, 2.45) is 0 Å². The summed E-state index contributed by atoms with van der Waals surface area (Å²) in [6.07, 6.45) is 88.5. The van der Waals surface area contributed by atoms with Crippen LogP contribution in [0.25, 0.3) is 0 Å². The van der Waals surface area contributed by atoms with Crippen LogP contribution in [0, 0.1) is 0 Å². The molecule has 0 saturated carbocycles. The van der Waals surface area contributed by atoms with Crippen LogP contribution < -0.4 is 0 Å². The Morgan fingerprint density at radius 3 is 0.867 bits per heavy atom. The monoisotopic (exact) mass is 1030 g/mol. The SMILES string of the molecule is CC/C=C\C/C=C\C/C=C\C/C=C\C/C=C\C/C=C\C/C=C\C/C=C\C/C=C\CCCC(=O)OCC(COC(=O)CCCCCCCCCCCCC)OC(=O)CCCCCCCCC/C=C\C/C=C\C/C=C\CC. The lowest BCUT2D eigenvalue weighted by Crippen LogP contribution is -2.30. The number of unbranched alkanes of at least 4 members (excludes halogenated alkanes) is 18. The summed E-state index contributed by atoms with van der Waals surface area (Å²) in [5, 5.41) is 0. The number of carbonyl (C=O) groups is 3. The summed E-state index contributed by atoms with van der Waals surface area (Å²) in [7, 11) is 0. The van der Waals surface area contributed by atoms with Gasteiger partial charge in [0.2, 0.25) is 0 Å². The highest BCUT2D eigenvalue weighted by atomic mass is 16.6. The van der Waals surface area contributed by atoms with Gasteiger partial charge in [-0.1, -0.05) is 263 Å². The number of ether oxygens (including phenoxy) is 3. The van der Waals surface area contributed by atoms with E-state index in [0.717, 1.165) is 128 Å². The largest absolute Gasteiger partial charge is 0.462 e.